The van der Waals surface area contributed by atoms with Crippen LogP contribution in [0, 0.1) is 12.8 Å². The van der Waals surface area contributed by atoms with Gasteiger partial charge < -0.3 is 15.1 Å². The van der Waals surface area contributed by atoms with E-state index in [-0.39, 0.29) is 17.9 Å². The second kappa shape index (κ2) is 7.91. The molecule has 4 rings (SSSR count). The molecule has 7 nitrogen and oxygen atoms in total. The third kappa shape index (κ3) is 3.63. The Hall–Kier alpha value is -2.41. The van der Waals surface area contributed by atoms with Crippen LogP contribution in [0.15, 0.2) is 24.5 Å². The summed E-state index contributed by atoms with van der Waals surface area (Å²) in [6.07, 6.45) is 6.97. The van der Waals surface area contributed by atoms with Gasteiger partial charge in [-0.1, -0.05) is 6.07 Å². The standard InChI is InChI=1S/C21H30N6O/c1-15-18(14-24-26(15)3)21-17(10-20(28)25(21)2)13-22-11-16-6-7-19(23-12-16)27-8-4-5-9-27/h6-7,12,14,17,21-22H,4-5,8-11,13H2,1-3H3/t17-,21+/m0/s1. The molecule has 0 saturated carbocycles. The molecular weight excluding hydrogens is 352 g/mol. The summed E-state index contributed by atoms with van der Waals surface area (Å²) < 4.78 is 1.88. The fourth-order valence-corrected chi connectivity index (χ4v) is 4.46. The number of aromatic nitrogens is 3. The van der Waals surface area contributed by atoms with E-state index in [0.29, 0.717) is 6.42 Å². The molecule has 2 aliphatic heterocycles. The van der Waals surface area contributed by atoms with Crippen LogP contribution in [0.3, 0.4) is 0 Å². The molecule has 4 heterocycles. The van der Waals surface area contributed by atoms with Gasteiger partial charge in [0.05, 0.1) is 12.2 Å². The minimum atomic E-state index is 0.0874. The summed E-state index contributed by atoms with van der Waals surface area (Å²) in [6, 6.07) is 4.36. The molecule has 2 fully saturated rings. The van der Waals surface area contributed by atoms with Crippen LogP contribution >= 0.6 is 0 Å². The maximum Gasteiger partial charge on any atom is 0.223 e. The van der Waals surface area contributed by atoms with Crippen LogP contribution in [-0.4, -0.2) is 52.3 Å². The van der Waals surface area contributed by atoms with Gasteiger partial charge in [0.25, 0.3) is 0 Å². The van der Waals surface area contributed by atoms with Crippen molar-refractivity contribution < 1.29 is 4.79 Å². The first kappa shape index (κ1) is 18.9. The van der Waals surface area contributed by atoms with Crippen molar-refractivity contribution in [2.75, 3.05) is 31.6 Å². The predicted molar refractivity (Wildman–Crippen MR) is 109 cm³/mol. The van der Waals surface area contributed by atoms with Gasteiger partial charge in [0.2, 0.25) is 5.91 Å². The van der Waals surface area contributed by atoms with Gasteiger partial charge in [-0.3, -0.25) is 9.48 Å². The van der Waals surface area contributed by atoms with Gasteiger partial charge in [0, 0.05) is 70.1 Å². The fourth-order valence-electron chi connectivity index (χ4n) is 4.46. The van der Waals surface area contributed by atoms with Crippen LogP contribution < -0.4 is 10.2 Å². The second-order valence-electron chi connectivity index (χ2n) is 8.07. The number of carbonyl (C=O) groups excluding carboxylic acids is 1. The van der Waals surface area contributed by atoms with Crippen molar-refractivity contribution in [3.8, 4) is 0 Å². The number of nitrogens with zero attached hydrogens (tertiary/aromatic N) is 5. The van der Waals surface area contributed by atoms with Crippen molar-refractivity contribution in [2.24, 2.45) is 13.0 Å². The van der Waals surface area contributed by atoms with E-state index in [1.807, 2.05) is 36.1 Å². The average Bonchev–Trinajstić information content (AvgIpc) is 3.40. The van der Waals surface area contributed by atoms with E-state index in [9.17, 15) is 4.79 Å². The van der Waals surface area contributed by atoms with E-state index in [1.54, 1.807) is 0 Å². The molecule has 2 aliphatic rings. The third-order valence-corrected chi connectivity index (χ3v) is 6.26. The Kier molecular flexibility index (Phi) is 5.35. The van der Waals surface area contributed by atoms with Gasteiger partial charge in [0.15, 0.2) is 0 Å². The van der Waals surface area contributed by atoms with Crippen LogP contribution in [0.5, 0.6) is 0 Å². The fraction of sp³-hybridized carbons (Fsp3) is 0.571. The molecule has 2 aromatic rings. The number of anilines is 1. The molecular formula is C21H30N6O. The van der Waals surface area contributed by atoms with E-state index in [4.69, 9.17) is 0 Å². The van der Waals surface area contributed by atoms with Gasteiger partial charge in [0.1, 0.15) is 5.82 Å². The molecule has 0 unspecified atom stereocenters. The topological polar surface area (TPSA) is 66.3 Å². The molecule has 2 saturated heterocycles. The van der Waals surface area contributed by atoms with Crippen molar-refractivity contribution in [2.45, 2.75) is 38.8 Å². The number of hydrogen-bond donors (Lipinski definition) is 1. The Morgan fingerprint density at radius 2 is 1.96 bits per heavy atom. The number of nitrogens with one attached hydrogen (secondary N) is 1. The highest BCUT2D eigenvalue weighted by molar-refractivity contribution is 5.79. The first-order chi connectivity index (χ1) is 13.5. The normalized spacial score (nSPS) is 22.5. The molecule has 0 radical (unpaired) electrons. The van der Waals surface area contributed by atoms with Crippen molar-refractivity contribution >= 4 is 11.7 Å². The van der Waals surface area contributed by atoms with Crippen LogP contribution in [-0.2, 0) is 18.4 Å². The van der Waals surface area contributed by atoms with Crippen molar-refractivity contribution in [1.29, 1.82) is 0 Å². The quantitative estimate of drug-likeness (QED) is 0.828. The Bertz CT molecular complexity index is 824. The molecule has 0 aliphatic carbocycles. The summed E-state index contributed by atoms with van der Waals surface area (Å²) in [5.41, 5.74) is 3.45. The summed E-state index contributed by atoms with van der Waals surface area (Å²) in [6.45, 7) is 5.85. The van der Waals surface area contributed by atoms with Crippen molar-refractivity contribution in [3.63, 3.8) is 0 Å². The lowest BCUT2D eigenvalue weighted by molar-refractivity contribution is -0.127. The number of amides is 1. The maximum absolute atomic E-state index is 12.3. The highest BCUT2D eigenvalue weighted by Gasteiger charge is 2.39. The Morgan fingerprint density at radius 3 is 2.61 bits per heavy atom. The third-order valence-electron chi connectivity index (χ3n) is 6.26. The Morgan fingerprint density at radius 1 is 1.18 bits per heavy atom. The van der Waals surface area contributed by atoms with Crippen LogP contribution in [0.1, 0.15) is 42.1 Å². The van der Waals surface area contributed by atoms with Gasteiger partial charge in [-0.25, -0.2) is 4.98 Å². The highest BCUT2D eigenvalue weighted by Crippen LogP contribution is 2.37. The highest BCUT2D eigenvalue weighted by atomic mass is 16.2. The largest absolute Gasteiger partial charge is 0.357 e. The van der Waals surface area contributed by atoms with Crippen LogP contribution in [0.2, 0.25) is 0 Å². The SMILES string of the molecule is Cc1c([C@H]2[C@H](CNCc3ccc(N4CCCC4)nc3)CC(=O)N2C)cnn1C. The molecule has 7 heteroatoms. The lowest BCUT2D eigenvalue weighted by atomic mass is 9.94. The number of carbonyl (C=O) groups is 1. The van der Waals surface area contributed by atoms with Crippen LogP contribution in [0.4, 0.5) is 5.82 Å². The molecule has 150 valence electrons. The number of hydrogen-bond acceptors (Lipinski definition) is 5. The molecule has 2 aromatic heterocycles. The van der Waals surface area contributed by atoms with E-state index in [0.717, 1.165) is 43.3 Å². The first-order valence-electron chi connectivity index (χ1n) is 10.2. The van der Waals surface area contributed by atoms with E-state index in [1.165, 1.54) is 18.4 Å². The summed E-state index contributed by atoms with van der Waals surface area (Å²) in [5, 5.41) is 7.91. The zero-order valence-corrected chi connectivity index (χ0v) is 17.1. The molecule has 2 atom stereocenters. The van der Waals surface area contributed by atoms with E-state index >= 15 is 0 Å². The summed E-state index contributed by atoms with van der Waals surface area (Å²) >= 11 is 0. The minimum absolute atomic E-state index is 0.0874. The number of aryl methyl sites for hydroxylation is 1. The smallest absolute Gasteiger partial charge is 0.223 e. The minimum Gasteiger partial charge on any atom is -0.357 e. The zero-order chi connectivity index (χ0) is 19.7. The molecule has 0 aromatic carbocycles. The zero-order valence-electron chi connectivity index (χ0n) is 17.1. The number of rotatable bonds is 6. The molecule has 1 amide bonds. The Labute approximate surface area is 166 Å². The lowest BCUT2D eigenvalue weighted by Crippen LogP contribution is -2.29. The summed E-state index contributed by atoms with van der Waals surface area (Å²) in [7, 11) is 3.85. The summed E-state index contributed by atoms with van der Waals surface area (Å²) in [5.74, 6) is 1.53. The monoisotopic (exact) mass is 382 g/mol. The van der Waals surface area contributed by atoms with Gasteiger partial charge in [-0.15, -0.1) is 0 Å². The second-order valence-corrected chi connectivity index (χ2v) is 8.07. The molecule has 1 N–H and O–H groups in total. The van der Waals surface area contributed by atoms with Gasteiger partial charge >= 0.3 is 0 Å². The first-order valence-corrected chi connectivity index (χ1v) is 10.2. The average molecular weight is 383 g/mol. The number of likely N-dealkylation sites (tertiary alicyclic amines) is 1. The van der Waals surface area contributed by atoms with Gasteiger partial charge in [-0.2, -0.15) is 5.10 Å². The summed E-state index contributed by atoms with van der Waals surface area (Å²) in [4.78, 5) is 21.2. The van der Waals surface area contributed by atoms with Crippen molar-refractivity contribution in [3.05, 3.63) is 41.3 Å². The van der Waals surface area contributed by atoms with E-state index in [2.05, 4.69) is 39.4 Å². The van der Waals surface area contributed by atoms with Crippen LogP contribution in [0.25, 0.3) is 0 Å². The maximum atomic E-state index is 12.3. The molecule has 0 bridgehead atoms. The number of pyridine rings is 1. The molecule has 28 heavy (non-hydrogen) atoms. The molecule has 0 spiro atoms. The van der Waals surface area contributed by atoms with Gasteiger partial charge in [-0.05, 0) is 31.4 Å². The predicted octanol–water partition coefficient (Wildman–Crippen LogP) is 2.03. The van der Waals surface area contributed by atoms with E-state index < -0.39 is 0 Å². The Balaban J connectivity index is 1.37. The lowest BCUT2D eigenvalue weighted by Gasteiger charge is -2.25. The van der Waals surface area contributed by atoms with Crippen molar-refractivity contribution in [1.82, 2.24) is 25.0 Å².